The number of H-pyrrole nitrogens is 1. The molecule has 1 aromatic rings. The fourth-order valence-corrected chi connectivity index (χ4v) is 1.32. The van der Waals surface area contributed by atoms with Gasteiger partial charge < -0.3 is 0 Å². The second-order valence-corrected chi connectivity index (χ2v) is 3.59. The summed E-state index contributed by atoms with van der Waals surface area (Å²) in [5, 5.41) is 0.354. The number of aromatic nitrogens is 3. The van der Waals surface area contributed by atoms with Crippen LogP contribution in [0, 0.1) is 0 Å². The van der Waals surface area contributed by atoms with Crippen LogP contribution in [0.1, 0.15) is 19.9 Å². The summed E-state index contributed by atoms with van der Waals surface area (Å²) in [6.45, 7) is 3.52. The number of hydrogen-bond acceptors (Lipinski definition) is 4. The molecule has 0 spiro atoms. The zero-order chi connectivity index (χ0) is 10.0. The van der Waals surface area contributed by atoms with Gasteiger partial charge in [0.05, 0.1) is 0 Å². The molecule has 7 heteroatoms. The standard InChI is InChI=1S/C7H11N3O2S.Na.H/c1-4(2)10-6(11)8-5(13-3)9-7(10)12;;/h4H,1-3H3,(H,8,9,11,12);;. The van der Waals surface area contributed by atoms with Crippen molar-refractivity contribution in [2.45, 2.75) is 25.0 Å². The van der Waals surface area contributed by atoms with Crippen LogP contribution < -0.4 is 11.4 Å². The minimum atomic E-state index is -0.497. The summed E-state index contributed by atoms with van der Waals surface area (Å²) >= 11 is 1.24. The number of rotatable bonds is 2. The predicted octanol–water partition coefficient (Wildman–Crippen LogP) is -0.414. The van der Waals surface area contributed by atoms with Crippen LogP contribution in [0.25, 0.3) is 0 Å². The van der Waals surface area contributed by atoms with E-state index in [-0.39, 0.29) is 35.6 Å². The van der Waals surface area contributed by atoms with E-state index in [4.69, 9.17) is 0 Å². The fraction of sp³-hybridized carbons (Fsp3) is 0.571. The van der Waals surface area contributed by atoms with Gasteiger partial charge in [-0.15, -0.1) is 0 Å². The van der Waals surface area contributed by atoms with E-state index < -0.39 is 11.4 Å². The van der Waals surface area contributed by atoms with Gasteiger partial charge in [-0.3, -0.25) is 4.98 Å². The fourth-order valence-electron chi connectivity index (χ4n) is 0.959. The zero-order valence-corrected chi connectivity index (χ0v) is 8.51. The summed E-state index contributed by atoms with van der Waals surface area (Å²) in [4.78, 5) is 28.8. The van der Waals surface area contributed by atoms with Crippen molar-refractivity contribution in [1.82, 2.24) is 14.5 Å². The van der Waals surface area contributed by atoms with Crippen molar-refractivity contribution >= 4 is 41.3 Å². The van der Waals surface area contributed by atoms with Crippen LogP contribution in [0.3, 0.4) is 0 Å². The van der Waals surface area contributed by atoms with Crippen LogP contribution in [-0.4, -0.2) is 50.3 Å². The van der Waals surface area contributed by atoms with Crippen molar-refractivity contribution < 1.29 is 0 Å². The topological polar surface area (TPSA) is 67.8 Å². The van der Waals surface area contributed by atoms with Crippen LogP contribution in [0.15, 0.2) is 14.7 Å². The molecule has 0 fully saturated rings. The number of nitrogens with one attached hydrogen (secondary N) is 1. The molecule has 1 N–H and O–H groups in total. The Bertz CT molecular complexity index is 381. The molecule has 0 aromatic carbocycles. The van der Waals surface area contributed by atoms with Crippen LogP contribution in [0.4, 0.5) is 0 Å². The summed E-state index contributed by atoms with van der Waals surface area (Å²) in [5.41, 5.74) is -0.901. The molecule has 14 heavy (non-hydrogen) atoms. The first kappa shape index (κ1) is 14.0. The SMILES string of the molecule is CSc1nc(=O)n(C(C)C)c(=O)[nH]1.[NaH]. The van der Waals surface area contributed by atoms with Gasteiger partial charge in [-0.25, -0.2) is 14.2 Å². The molecule has 0 amide bonds. The van der Waals surface area contributed by atoms with Crippen LogP contribution in [0.5, 0.6) is 0 Å². The molecule has 0 bridgehead atoms. The average Bonchev–Trinajstić information content (AvgIpc) is 2.02. The molecular weight excluding hydrogens is 213 g/mol. The van der Waals surface area contributed by atoms with E-state index in [2.05, 4.69) is 9.97 Å². The van der Waals surface area contributed by atoms with Crippen molar-refractivity contribution in [2.75, 3.05) is 6.26 Å². The Balaban J connectivity index is 0.00000169. The number of aromatic amines is 1. The van der Waals surface area contributed by atoms with Gasteiger partial charge in [-0.2, -0.15) is 4.98 Å². The molecule has 0 atom stereocenters. The summed E-state index contributed by atoms with van der Waals surface area (Å²) in [7, 11) is 0. The summed E-state index contributed by atoms with van der Waals surface area (Å²) in [6.07, 6.45) is 1.75. The van der Waals surface area contributed by atoms with Crippen molar-refractivity contribution in [2.24, 2.45) is 0 Å². The second kappa shape index (κ2) is 5.75. The Morgan fingerprint density at radius 2 is 2.00 bits per heavy atom. The Morgan fingerprint density at radius 3 is 2.36 bits per heavy atom. The van der Waals surface area contributed by atoms with Gasteiger partial charge in [0.2, 0.25) is 0 Å². The molecular formula is C7H12N3NaO2S. The molecule has 1 rings (SSSR count). The third-order valence-electron chi connectivity index (χ3n) is 1.55. The van der Waals surface area contributed by atoms with Crippen LogP contribution >= 0.6 is 11.8 Å². The van der Waals surface area contributed by atoms with Gasteiger partial charge in [-0.05, 0) is 20.1 Å². The zero-order valence-electron chi connectivity index (χ0n) is 7.70. The Kier molecular flexibility index (Phi) is 5.73. The first-order valence-electron chi connectivity index (χ1n) is 3.83. The van der Waals surface area contributed by atoms with E-state index >= 15 is 0 Å². The molecule has 74 valence electrons. The van der Waals surface area contributed by atoms with Crippen LogP contribution in [-0.2, 0) is 0 Å². The summed E-state index contributed by atoms with van der Waals surface area (Å²) < 4.78 is 1.08. The maximum atomic E-state index is 11.3. The van der Waals surface area contributed by atoms with Gasteiger partial charge in [0.1, 0.15) is 0 Å². The molecule has 0 radical (unpaired) electrons. The Hall–Kier alpha value is -0.0400. The van der Waals surface area contributed by atoms with E-state index in [1.807, 2.05) is 0 Å². The van der Waals surface area contributed by atoms with Gasteiger partial charge in [0.25, 0.3) is 0 Å². The molecule has 0 saturated carbocycles. The van der Waals surface area contributed by atoms with Gasteiger partial charge in [-0.1, -0.05) is 11.8 Å². The number of nitrogens with zero attached hydrogens (tertiary/aromatic N) is 2. The molecule has 1 heterocycles. The van der Waals surface area contributed by atoms with E-state index in [1.165, 1.54) is 11.8 Å². The Labute approximate surface area is 108 Å². The number of hydrogen-bond donors (Lipinski definition) is 1. The van der Waals surface area contributed by atoms with Crippen molar-refractivity contribution in [3.8, 4) is 0 Å². The third-order valence-corrected chi connectivity index (χ3v) is 2.13. The predicted molar refractivity (Wildman–Crippen MR) is 58.4 cm³/mol. The molecule has 0 saturated heterocycles. The van der Waals surface area contributed by atoms with Crippen molar-refractivity contribution in [3.05, 3.63) is 21.0 Å². The van der Waals surface area contributed by atoms with E-state index in [1.54, 1.807) is 20.1 Å². The monoisotopic (exact) mass is 225 g/mol. The van der Waals surface area contributed by atoms with Crippen molar-refractivity contribution in [3.63, 3.8) is 0 Å². The van der Waals surface area contributed by atoms with Crippen LogP contribution in [0.2, 0.25) is 0 Å². The van der Waals surface area contributed by atoms with Gasteiger partial charge in [0, 0.05) is 6.04 Å². The van der Waals surface area contributed by atoms with Gasteiger partial charge in [0.15, 0.2) is 5.16 Å². The van der Waals surface area contributed by atoms with Crippen molar-refractivity contribution in [1.29, 1.82) is 0 Å². The molecule has 1 aromatic heterocycles. The molecule has 0 aliphatic heterocycles. The second-order valence-electron chi connectivity index (χ2n) is 2.80. The quantitative estimate of drug-likeness (QED) is 0.548. The first-order valence-corrected chi connectivity index (χ1v) is 5.05. The first-order chi connectivity index (χ1) is 6.06. The normalized spacial score (nSPS) is 10.0. The van der Waals surface area contributed by atoms with E-state index in [0.29, 0.717) is 5.16 Å². The number of thioether (sulfide) groups is 1. The average molecular weight is 225 g/mol. The maximum absolute atomic E-state index is 11.3. The van der Waals surface area contributed by atoms with Gasteiger partial charge >= 0.3 is 40.9 Å². The van der Waals surface area contributed by atoms with E-state index in [0.717, 1.165) is 4.57 Å². The molecule has 0 aliphatic carbocycles. The molecule has 0 unspecified atom stereocenters. The summed E-state index contributed by atoms with van der Waals surface area (Å²) in [6, 6.07) is -0.167. The van der Waals surface area contributed by atoms with E-state index in [9.17, 15) is 9.59 Å². The Morgan fingerprint density at radius 1 is 1.43 bits per heavy atom. The minimum absolute atomic E-state index is 0. The molecule has 0 aliphatic rings. The third kappa shape index (κ3) is 2.98. The molecule has 5 nitrogen and oxygen atoms in total. The summed E-state index contributed by atoms with van der Waals surface area (Å²) in [5.74, 6) is 0.